The lowest BCUT2D eigenvalue weighted by Gasteiger charge is -2.12. The van der Waals surface area contributed by atoms with Gasteiger partial charge in [0.2, 0.25) is 0 Å². The van der Waals surface area contributed by atoms with E-state index in [1.165, 1.54) is 7.05 Å². The van der Waals surface area contributed by atoms with Crippen LogP contribution in [0, 0.1) is 6.92 Å². The van der Waals surface area contributed by atoms with Gasteiger partial charge in [-0.2, -0.15) is 13.2 Å². The molecule has 6 heteroatoms. The molecule has 1 aromatic carbocycles. The first-order chi connectivity index (χ1) is 9.31. The highest BCUT2D eigenvalue weighted by Gasteiger charge is 2.31. The highest BCUT2D eigenvalue weighted by Crippen LogP contribution is 2.34. The van der Waals surface area contributed by atoms with Crippen molar-refractivity contribution in [1.29, 1.82) is 0 Å². The van der Waals surface area contributed by atoms with E-state index in [1.54, 1.807) is 18.2 Å². The van der Waals surface area contributed by atoms with Crippen molar-refractivity contribution >= 4 is 17.4 Å². The highest BCUT2D eigenvalue weighted by atomic mass is 35.5. The van der Waals surface area contributed by atoms with Crippen molar-refractivity contribution < 1.29 is 13.2 Å². The molecule has 0 aliphatic heterocycles. The zero-order valence-corrected chi connectivity index (χ0v) is 11.6. The fourth-order valence-electron chi connectivity index (χ4n) is 1.72. The monoisotopic (exact) mass is 300 g/mol. The van der Waals surface area contributed by atoms with Crippen LogP contribution < -0.4 is 5.32 Å². The second-order valence-corrected chi connectivity index (χ2v) is 4.75. The van der Waals surface area contributed by atoms with Crippen LogP contribution in [0.25, 0.3) is 11.3 Å². The number of aryl methyl sites for hydroxylation is 1. The Morgan fingerprint density at radius 1 is 1.15 bits per heavy atom. The lowest BCUT2D eigenvalue weighted by atomic mass is 10.1. The minimum Gasteiger partial charge on any atom is -0.373 e. The Kier molecular flexibility index (Phi) is 3.90. The van der Waals surface area contributed by atoms with Gasteiger partial charge in [0.15, 0.2) is 0 Å². The topological polar surface area (TPSA) is 24.9 Å². The maximum Gasteiger partial charge on any atom is 0.416 e. The van der Waals surface area contributed by atoms with Gasteiger partial charge in [0.1, 0.15) is 5.82 Å². The van der Waals surface area contributed by atoms with Crippen LogP contribution in [-0.4, -0.2) is 12.0 Å². The van der Waals surface area contributed by atoms with Gasteiger partial charge in [-0.15, -0.1) is 0 Å². The Bertz CT molecular complexity index is 639. The first-order valence-corrected chi connectivity index (χ1v) is 6.22. The van der Waals surface area contributed by atoms with Crippen molar-refractivity contribution in [2.45, 2.75) is 13.1 Å². The minimum absolute atomic E-state index is 0.159. The number of anilines is 1. The third kappa shape index (κ3) is 3.04. The molecule has 1 aromatic heterocycles. The summed E-state index contributed by atoms with van der Waals surface area (Å²) in [5.74, 6) is 0.159. The van der Waals surface area contributed by atoms with E-state index in [2.05, 4.69) is 10.3 Å². The van der Waals surface area contributed by atoms with Crippen molar-refractivity contribution in [3.63, 3.8) is 0 Å². The number of alkyl halides is 3. The number of hydrogen-bond donors (Lipinski definition) is 1. The standard InChI is InChI=1S/C14H12ClF3N2/c1-8-3-4-9(5-11(8)15)12-6-10(14(16,17)18)7-13(19-2)20-12/h3-7H,1-2H3,(H,19,20). The van der Waals surface area contributed by atoms with Gasteiger partial charge in [0.05, 0.1) is 11.3 Å². The summed E-state index contributed by atoms with van der Waals surface area (Å²) in [5, 5.41) is 3.12. The Balaban J connectivity index is 2.58. The normalized spacial score (nSPS) is 11.5. The molecule has 1 N–H and O–H groups in total. The minimum atomic E-state index is -4.42. The van der Waals surface area contributed by atoms with E-state index in [4.69, 9.17) is 11.6 Å². The van der Waals surface area contributed by atoms with Gasteiger partial charge in [-0.05, 0) is 30.7 Å². The molecule has 0 bridgehead atoms. The van der Waals surface area contributed by atoms with Gasteiger partial charge in [-0.25, -0.2) is 4.98 Å². The zero-order valence-electron chi connectivity index (χ0n) is 10.8. The number of nitrogens with zero attached hydrogens (tertiary/aromatic N) is 1. The molecular formula is C14H12ClF3N2. The Morgan fingerprint density at radius 3 is 2.40 bits per heavy atom. The number of halogens is 4. The molecule has 1 heterocycles. The smallest absolute Gasteiger partial charge is 0.373 e. The predicted octanol–water partition coefficient (Wildman–Crippen LogP) is 4.77. The predicted molar refractivity (Wildman–Crippen MR) is 74.0 cm³/mol. The average Bonchev–Trinajstić information content (AvgIpc) is 2.40. The fraction of sp³-hybridized carbons (Fsp3) is 0.214. The molecule has 0 aliphatic rings. The summed E-state index contributed by atoms with van der Waals surface area (Å²) in [4.78, 5) is 4.14. The first-order valence-electron chi connectivity index (χ1n) is 5.85. The lowest BCUT2D eigenvalue weighted by Crippen LogP contribution is -2.07. The highest BCUT2D eigenvalue weighted by molar-refractivity contribution is 6.31. The SMILES string of the molecule is CNc1cc(C(F)(F)F)cc(-c2ccc(C)c(Cl)c2)n1. The summed E-state index contributed by atoms with van der Waals surface area (Å²) in [6, 6.07) is 7.04. The van der Waals surface area contributed by atoms with Gasteiger partial charge >= 0.3 is 6.18 Å². The summed E-state index contributed by atoms with van der Waals surface area (Å²) in [5.41, 5.74) is 0.883. The van der Waals surface area contributed by atoms with Gasteiger partial charge in [0.25, 0.3) is 0 Å². The van der Waals surface area contributed by atoms with Crippen molar-refractivity contribution in [3.05, 3.63) is 46.5 Å². The number of pyridine rings is 1. The molecule has 2 nitrogen and oxygen atoms in total. The molecule has 0 radical (unpaired) electrons. The zero-order chi connectivity index (χ0) is 14.9. The molecule has 0 spiro atoms. The van der Waals surface area contributed by atoms with Crippen molar-refractivity contribution in [1.82, 2.24) is 4.98 Å². The number of hydrogen-bond acceptors (Lipinski definition) is 2. The molecule has 0 atom stereocenters. The first kappa shape index (κ1) is 14.7. The number of benzene rings is 1. The fourth-order valence-corrected chi connectivity index (χ4v) is 1.90. The number of nitrogens with one attached hydrogen (secondary N) is 1. The summed E-state index contributed by atoms with van der Waals surface area (Å²) in [6.07, 6.45) is -4.42. The third-order valence-electron chi connectivity index (χ3n) is 2.88. The molecule has 2 rings (SSSR count). The number of rotatable bonds is 2. The van der Waals surface area contributed by atoms with E-state index < -0.39 is 11.7 Å². The molecular weight excluding hydrogens is 289 g/mol. The quantitative estimate of drug-likeness (QED) is 0.864. The van der Waals surface area contributed by atoms with Crippen LogP contribution in [0.5, 0.6) is 0 Å². The molecule has 0 saturated heterocycles. The van der Waals surface area contributed by atoms with Crippen LogP contribution >= 0.6 is 11.6 Å². The van der Waals surface area contributed by atoms with Crippen LogP contribution in [0.1, 0.15) is 11.1 Å². The molecule has 0 fully saturated rings. The van der Waals surface area contributed by atoms with E-state index in [0.717, 1.165) is 17.7 Å². The lowest BCUT2D eigenvalue weighted by molar-refractivity contribution is -0.137. The van der Waals surface area contributed by atoms with Crippen molar-refractivity contribution in [2.24, 2.45) is 0 Å². The van der Waals surface area contributed by atoms with Gasteiger partial charge < -0.3 is 5.32 Å². The molecule has 20 heavy (non-hydrogen) atoms. The molecule has 0 unspecified atom stereocenters. The molecule has 106 valence electrons. The van der Waals surface area contributed by atoms with Crippen LogP contribution in [0.3, 0.4) is 0 Å². The Hall–Kier alpha value is -1.75. The summed E-state index contributed by atoms with van der Waals surface area (Å²) in [7, 11) is 1.52. The summed E-state index contributed by atoms with van der Waals surface area (Å²) < 4.78 is 38.6. The average molecular weight is 301 g/mol. The summed E-state index contributed by atoms with van der Waals surface area (Å²) in [6.45, 7) is 1.82. The van der Waals surface area contributed by atoms with Crippen LogP contribution in [-0.2, 0) is 6.18 Å². The van der Waals surface area contributed by atoms with Crippen LogP contribution in [0.4, 0.5) is 19.0 Å². The largest absolute Gasteiger partial charge is 0.416 e. The van der Waals surface area contributed by atoms with E-state index >= 15 is 0 Å². The van der Waals surface area contributed by atoms with Crippen molar-refractivity contribution in [2.75, 3.05) is 12.4 Å². The van der Waals surface area contributed by atoms with Crippen LogP contribution in [0.15, 0.2) is 30.3 Å². The maximum absolute atomic E-state index is 12.9. The van der Waals surface area contributed by atoms with Gasteiger partial charge in [-0.3, -0.25) is 0 Å². The second-order valence-electron chi connectivity index (χ2n) is 4.34. The van der Waals surface area contributed by atoms with E-state index in [9.17, 15) is 13.2 Å². The Morgan fingerprint density at radius 2 is 1.85 bits per heavy atom. The Labute approximate surface area is 119 Å². The van der Waals surface area contributed by atoms with Gasteiger partial charge in [-0.1, -0.05) is 23.7 Å². The summed E-state index contributed by atoms with van der Waals surface area (Å²) >= 11 is 6.00. The van der Waals surface area contributed by atoms with E-state index in [1.807, 2.05) is 6.92 Å². The van der Waals surface area contributed by atoms with Gasteiger partial charge in [0, 0.05) is 17.6 Å². The maximum atomic E-state index is 12.9. The number of aromatic nitrogens is 1. The van der Waals surface area contributed by atoms with Crippen molar-refractivity contribution in [3.8, 4) is 11.3 Å². The molecule has 2 aromatic rings. The van der Waals surface area contributed by atoms with E-state index in [-0.39, 0.29) is 11.5 Å². The van der Waals surface area contributed by atoms with E-state index in [0.29, 0.717) is 10.6 Å². The molecule has 0 aliphatic carbocycles. The molecule has 0 amide bonds. The van der Waals surface area contributed by atoms with Crippen LogP contribution in [0.2, 0.25) is 5.02 Å². The molecule has 0 saturated carbocycles. The third-order valence-corrected chi connectivity index (χ3v) is 3.28. The second kappa shape index (κ2) is 5.32.